The van der Waals surface area contributed by atoms with Crippen LogP contribution in [-0.4, -0.2) is 58.5 Å². The molecule has 0 radical (unpaired) electrons. The standard InChI is InChI=1S/C39H47N3O6S/c1-27(2)24-40-39(44)35(22-31-11-9-8-10-12-31)41(25-32-15-13-28(3)14-16-32)38(43)26-42(33-20-29(4)19-30(5)21-33)49(45,46)34-17-18-36(47-6)37(23-34)48-7/h8-21,23,27,35H,22,24-26H2,1-7H3,(H,40,44). The lowest BCUT2D eigenvalue weighted by Crippen LogP contribution is -2.53. The van der Waals surface area contributed by atoms with Gasteiger partial charge in [-0.3, -0.25) is 13.9 Å². The van der Waals surface area contributed by atoms with Crippen molar-refractivity contribution >= 4 is 27.5 Å². The van der Waals surface area contributed by atoms with Gasteiger partial charge in [0.05, 0.1) is 24.8 Å². The number of carbonyl (C=O) groups excluding carboxylic acids is 2. The predicted octanol–water partition coefficient (Wildman–Crippen LogP) is 6.24. The van der Waals surface area contributed by atoms with Crippen molar-refractivity contribution in [2.45, 2.75) is 58.5 Å². The third-order valence-corrected chi connectivity index (χ3v) is 9.92. The number of nitrogens with zero attached hydrogens (tertiary/aromatic N) is 2. The molecule has 1 atom stereocenters. The molecule has 0 aliphatic rings. The predicted molar refractivity (Wildman–Crippen MR) is 194 cm³/mol. The van der Waals surface area contributed by atoms with Crippen LogP contribution in [0.2, 0.25) is 0 Å². The smallest absolute Gasteiger partial charge is 0.264 e. The van der Waals surface area contributed by atoms with Gasteiger partial charge in [0.1, 0.15) is 12.6 Å². The highest BCUT2D eigenvalue weighted by Crippen LogP contribution is 2.33. The molecule has 0 saturated carbocycles. The molecule has 0 aliphatic carbocycles. The summed E-state index contributed by atoms with van der Waals surface area (Å²) >= 11 is 0. The summed E-state index contributed by atoms with van der Waals surface area (Å²) in [5.74, 6) is -0.0330. The summed E-state index contributed by atoms with van der Waals surface area (Å²) in [6.45, 7) is 9.71. The molecule has 0 heterocycles. The maximum Gasteiger partial charge on any atom is 0.264 e. The number of ether oxygens (including phenoxy) is 2. The molecule has 260 valence electrons. The Kier molecular flexibility index (Phi) is 12.5. The molecule has 49 heavy (non-hydrogen) atoms. The van der Waals surface area contributed by atoms with Gasteiger partial charge in [-0.2, -0.15) is 0 Å². The lowest BCUT2D eigenvalue weighted by Gasteiger charge is -2.34. The number of aryl methyl sites for hydroxylation is 3. The summed E-state index contributed by atoms with van der Waals surface area (Å²) in [6, 6.07) is 26.1. The van der Waals surface area contributed by atoms with Gasteiger partial charge in [-0.25, -0.2) is 8.42 Å². The summed E-state index contributed by atoms with van der Waals surface area (Å²) in [5, 5.41) is 3.02. The summed E-state index contributed by atoms with van der Waals surface area (Å²) in [7, 11) is -1.43. The van der Waals surface area contributed by atoms with Gasteiger partial charge in [0.2, 0.25) is 11.8 Å². The van der Waals surface area contributed by atoms with E-state index in [0.29, 0.717) is 18.0 Å². The number of rotatable bonds is 15. The summed E-state index contributed by atoms with van der Waals surface area (Å²) in [6.07, 6.45) is 0.244. The molecule has 0 aromatic heterocycles. The van der Waals surface area contributed by atoms with Crippen LogP contribution in [0.25, 0.3) is 0 Å². The van der Waals surface area contributed by atoms with Crippen LogP contribution in [0.4, 0.5) is 5.69 Å². The molecule has 0 spiro atoms. The zero-order valence-corrected chi connectivity index (χ0v) is 30.2. The summed E-state index contributed by atoms with van der Waals surface area (Å²) in [5.41, 5.74) is 4.74. The molecule has 4 aromatic carbocycles. The molecule has 1 N–H and O–H groups in total. The van der Waals surface area contributed by atoms with E-state index in [2.05, 4.69) is 5.32 Å². The molecule has 4 aromatic rings. The second kappa shape index (κ2) is 16.5. The van der Waals surface area contributed by atoms with Gasteiger partial charge in [0.25, 0.3) is 10.0 Å². The fourth-order valence-electron chi connectivity index (χ4n) is 5.59. The zero-order chi connectivity index (χ0) is 35.7. The minimum absolute atomic E-state index is 0.0716. The first-order chi connectivity index (χ1) is 23.3. The van der Waals surface area contributed by atoms with Gasteiger partial charge in [-0.15, -0.1) is 0 Å². The lowest BCUT2D eigenvalue weighted by atomic mass is 10.0. The monoisotopic (exact) mass is 685 g/mol. The first-order valence-electron chi connectivity index (χ1n) is 16.3. The average molecular weight is 686 g/mol. The molecular formula is C39H47N3O6S. The third kappa shape index (κ3) is 9.63. The highest BCUT2D eigenvalue weighted by atomic mass is 32.2. The van der Waals surface area contributed by atoms with E-state index in [0.717, 1.165) is 32.1 Å². The van der Waals surface area contributed by atoms with E-state index in [1.165, 1.54) is 37.3 Å². The van der Waals surface area contributed by atoms with Crippen molar-refractivity contribution in [3.63, 3.8) is 0 Å². The van der Waals surface area contributed by atoms with Gasteiger partial charge in [0.15, 0.2) is 11.5 Å². The van der Waals surface area contributed by atoms with Crippen LogP contribution in [-0.2, 0) is 32.6 Å². The van der Waals surface area contributed by atoms with Crippen molar-refractivity contribution < 1.29 is 27.5 Å². The van der Waals surface area contributed by atoms with Gasteiger partial charge < -0.3 is 19.7 Å². The maximum atomic E-state index is 14.7. The Morgan fingerprint density at radius 3 is 1.98 bits per heavy atom. The van der Waals surface area contributed by atoms with Gasteiger partial charge in [-0.1, -0.05) is 80.1 Å². The topological polar surface area (TPSA) is 105 Å². The molecule has 0 saturated heterocycles. The van der Waals surface area contributed by atoms with E-state index >= 15 is 0 Å². The average Bonchev–Trinajstić information content (AvgIpc) is 3.07. The number of amides is 2. The summed E-state index contributed by atoms with van der Waals surface area (Å²) < 4.78 is 40.9. The van der Waals surface area contributed by atoms with Crippen molar-refractivity contribution in [2.24, 2.45) is 5.92 Å². The largest absolute Gasteiger partial charge is 0.493 e. The highest BCUT2D eigenvalue weighted by Gasteiger charge is 2.35. The van der Waals surface area contributed by atoms with Crippen LogP contribution in [0.1, 0.15) is 41.7 Å². The van der Waals surface area contributed by atoms with Crippen LogP contribution < -0.4 is 19.1 Å². The number of sulfonamides is 1. The second-order valence-corrected chi connectivity index (χ2v) is 14.6. The molecule has 0 fully saturated rings. The van der Waals surface area contributed by atoms with Gasteiger partial charge >= 0.3 is 0 Å². The zero-order valence-electron chi connectivity index (χ0n) is 29.4. The quantitative estimate of drug-likeness (QED) is 0.159. The molecule has 0 bridgehead atoms. The molecule has 9 nitrogen and oxygen atoms in total. The molecule has 10 heteroatoms. The first kappa shape index (κ1) is 37.0. The van der Waals surface area contributed by atoms with Gasteiger partial charge in [-0.05, 0) is 73.2 Å². The van der Waals surface area contributed by atoms with Crippen LogP contribution in [0, 0.1) is 26.7 Å². The van der Waals surface area contributed by atoms with Crippen LogP contribution in [0.5, 0.6) is 11.5 Å². The number of carbonyl (C=O) groups is 2. The fraction of sp³-hybridized carbons (Fsp3) is 0.333. The lowest BCUT2D eigenvalue weighted by molar-refractivity contribution is -0.140. The minimum Gasteiger partial charge on any atom is -0.493 e. The molecule has 2 amide bonds. The van der Waals surface area contributed by atoms with Crippen molar-refractivity contribution in [3.05, 3.63) is 119 Å². The number of hydrogen-bond acceptors (Lipinski definition) is 6. The van der Waals surface area contributed by atoms with Crippen molar-refractivity contribution in [1.29, 1.82) is 0 Å². The Morgan fingerprint density at radius 2 is 1.39 bits per heavy atom. The normalized spacial score (nSPS) is 11.9. The van der Waals surface area contributed by atoms with Crippen LogP contribution in [0.15, 0.2) is 95.9 Å². The first-order valence-corrected chi connectivity index (χ1v) is 17.8. The van der Waals surface area contributed by atoms with E-state index in [4.69, 9.17) is 9.47 Å². The third-order valence-electron chi connectivity index (χ3n) is 8.15. The van der Waals surface area contributed by atoms with E-state index in [1.807, 2.05) is 95.3 Å². The Labute approximate surface area is 290 Å². The molecule has 0 aliphatic heterocycles. The minimum atomic E-state index is -4.33. The van der Waals surface area contributed by atoms with E-state index in [-0.39, 0.29) is 35.4 Å². The summed E-state index contributed by atoms with van der Waals surface area (Å²) in [4.78, 5) is 30.1. The van der Waals surface area contributed by atoms with Gasteiger partial charge in [0, 0.05) is 25.6 Å². The molecule has 1 unspecified atom stereocenters. The van der Waals surface area contributed by atoms with Crippen molar-refractivity contribution in [1.82, 2.24) is 10.2 Å². The number of nitrogens with one attached hydrogen (secondary N) is 1. The number of anilines is 1. The number of benzene rings is 4. The SMILES string of the molecule is COc1ccc(S(=O)(=O)N(CC(=O)N(Cc2ccc(C)cc2)C(Cc2ccccc2)C(=O)NCC(C)C)c2cc(C)cc(C)c2)cc1OC. The maximum absolute atomic E-state index is 14.7. The van der Waals surface area contributed by atoms with E-state index in [9.17, 15) is 18.0 Å². The Hall–Kier alpha value is -4.83. The van der Waals surface area contributed by atoms with E-state index in [1.54, 1.807) is 12.1 Å². The molecule has 4 rings (SSSR count). The fourth-order valence-corrected chi connectivity index (χ4v) is 7.01. The van der Waals surface area contributed by atoms with E-state index < -0.39 is 28.5 Å². The number of hydrogen-bond donors (Lipinski definition) is 1. The second-order valence-electron chi connectivity index (χ2n) is 12.7. The highest BCUT2D eigenvalue weighted by molar-refractivity contribution is 7.92. The van der Waals surface area contributed by atoms with Crippen LogP contribution >= 0.6 is 0 Å². The number of methoxy groups -OCH3 is 2. The van der Waals surface area contributed by atoms with Crippen LogP contribution in [0.3, 0.4) is 0 Å². The Bertz CT molecular complexity index is 1820. The Balaban J connectivity index is 1.84. The molecular weight excluding hydrogens is 639 g/mol. The van der Waals surface area contributed by atoms with Crippen molar-refractivity contribution in [2.75, 3.05) is 31.6 Å². The van der Waals surface area contributed by atoms with Crippen molar-refractivity contribution in [3.8, 4) is 11.5 Å². The Morgan fingerprint density at radius 1 is 0.755 bits per heavy atom.